The van der Waals surface area contributed by atoms with Crippen LogP contribution in [0.2, 0.25) is 10.0 Å². The highest BCUT2D eigenvalue weighted by Gasteiger charge is 2.45. The highest BCUT2D eigenvalue weighted by molar-refractivity contribution is 7.89. The fourth-order valence-corrected chi connectivity index (χ4v) is 6.03. The Kier molecular flexibility index (Phi) is 7.64. The van der Waals surface area contributed by atoms with Gasteiger partial charge in [-0.15, -0.1) is 0 Å². The first-order valence-electron chi connectivity index (χ1n) is 11.3. The smallest absolute Gasteiger partial charge is 0.251 e. The van der Waals surface area contributed by atoms with Crippen molar-refractivity contribution in [1.29, 1.82) is 0 Å². The molecule has 0 bridgehead atoms. The van der Waals surface area contributed by atoms with Gasteiger partial charge in [0.15, 0.2) is 0 Å². The topological polar surface area (TPSA) is 105 Å². The van der Waals surface area contributed by atoms with Gasteiger partial charge in [-0.05, 0) is 62.2 Å². The van der Waals surface area contributed by atoms with Gasteiger partial charge in [-0.25, -0.2) is 13.1 Å². The monoisotopic (exact) mass is 548 g/mol. The molecule has 3 N–H and O–H groups in total. The van der Waals surface area contributed by atoms with Gasteiger partial charge in [-0.1, -0.05) is 53.5 Å². The van der Waals surface area contributed by atoms with Gasteiger partial charge in [-0.2, -0.15) is 0 Å². The summed E-state index contributed by atoms with van der Waals surface area (Å²) >= 11 is 12.1. The molecule has 0 aliphatic carbocycles. The highest BCUT2D eigenvalue weighted by Crippen LogP contribution is 2.41. The minimum absolute atomic E-state index is 0.0144. The van der Waals surface area contributed by atoms with Crippen LogP contribution in [0.5, 0.6) is 5.75 Å². The molecule has 1 aliphatic rings. The number of amides is 1. The quantitative estimate of drug-likeness (QED) is 0.402. The lowest BCUT2D eigenvalue weighted by Crippen LogP contribution is -2.53. The Morgan fingerprint density at radius 3 is 2.50 bits per heavy atom. The number of sulfonamides is 1. The van der Waals surface area contributed by atoms with E-state index in [2.05, 4.69) is 10.0 Å². The van der Waals surface area contributed by atoms with E-state index in [1.54, 1.807) is 26.0 Å². The number of hydrogen-bond acceptors (Lipinski definition) is 5. The minimum atomic E-state index is -4.20. The first-order valence-corrected chi connectivity index (χ1v) is 13.5. The van der Waals surface area contributed by atoms with E-state index in [-0.39, 0.29) is 20.8 Å². The lowest BCUT2D eigenvalue weighted by molar-refractivity contribution is -0.0603. The van der Waals surface area contributed by atoms with Gasteiger partial charge in [0.1, 0.15) is 22.4 Å². The summed E-state index contributed by atoms with van der Waals surface area (Å²) in [5, 5.41) is 14.1. The van der Waals surface area contributed by atoms with Crippen LogP contribution in [0, 0.1) is 0 Å². The van der Waals surface area contributed by atoms with Crippen LogP contribution in [0.1, 0.15) is 41.4 Å². The Morgan fingerprint density at radius 1 is 1.06 bits per heavy atom. The molecule has 1 amide bonds. The molecule has 0 aromatic heterocycles. The first-order chi connectivity index (χ1) is 17.0. The molecule has 36 heavy (non-hydrogen) atoms. The van der Waals surface area contributed by atoms with Crippen LogP contribution in [-0.2, 0) is 16.4 Å². The summed E-state index contributed by atoms with van der Waals surface area (Å²) in [6, 6.07) is 17.5. The van der Waals surface area contributed by atoms with Crippen LogP contribution in [0.25, 0.3) is 0 Å². The lowest BCUT2D eigenvalue weighted by atomic mass is 9.86. The SMILES string of the molecule is CC1(C)Oc2ccc(C(=O)NCCc3ccccc3)cc2[C@@H](NS(=O)(=O)c2cc(Cl)ccc2Cl)[C@@H]1O. The second-order valence-corrected chi connectivity index (χ2v) is 11.6. The van der Waals surface area contributed by atoms with Crippen LogP contribution < -0.4 is 14.8 Å². The summed E-state index contributed by atoms with van der Waals surface area (Å²) in [5.41, 5.74) is 0.621. The Bertz CT molecular complexity index is 1380. The van der Waals surface area contributed by atoms with Crippen LogP contribution >= 0.6 is 23.2 Å². The molecule has 4 rings (SSSR count). The number of carbonyl (C=O) groups excluding carboxylic acids is 1. The molecule has 0 saturated heterocycles. The van der Waals surface area contributed by atoms with Gasteiger partial charge in [0.25, 0.3) is 5.91 Å². The van der Waals surface area contributed by atoms with Gasteiger partial charge < -0.3 is 15.2 Å². The number of halogens is 2. The number of ether oxygens (including phenoxy) is 1. The van der Waals surface area contributed by atoms with Gasteiger partial charge in [0.05, 0.1) is 11.1 Å². The van der Waals surface area contributed by atoms with Crippen molar-refractivity contribution >= 4 is 39.1 Å². The number of rotatable bonds is 7. The Hall–Kier alpha value is -2.62. The fraction of sp³-hybridized carbons (Fsp3) is 0.269. The van der Waals surface area contributed by atoms with E-state index in [9.17, 15) is 18.3 Å². The second-order valence-electron chi connectivity index (χ2n) is 9.07. The zero-order valence-electron chi connectivity index (χ0n) is 19.7. The zero-order valence-corrected chi connectivity index (χ0v) is 22.0. The molecule has 3 aromatic carbocycles. The molecule has 10 heteroatoms. The number of nitrogens with one attached hydrogen (secondary N) is 2. The molecular formula is C26H26Cl2N2O5S. The maximum atomic E-state index is 13.2. The van der Waals surface area contributed by atoms with Crippen LogP contribution in [0.4, 0.5) is 0 Å². The summed E-state index contributed by atoms with van der Waals surface area (Å²) < 4.78 is 35.0. The van der Waals surface area contributed by atoms with Crippen LogP contribution in [-0.4, -0.2) is 37.7 Å². The molecule has 3 aromatic rings. The van der Waals surface area contributed by atoms with Crippen molar-refractivity contribution in [2.75, 3.05) is 6.54 Å². The van der Waals surface area contributed by atoms with Crippen molar-refractivity contribution in [2.24, 2.45) is 0 Å². The second kappa shape index (κ2) is 10.4. The molecule has 0 fully saturated rings. The molecule has 0 radical (unpaired) electrons. The minimum Gasteiger partial charge on any atom is -0.485 e. The molecular weight excluding hydrogens is 523 g/mol. The summed E-state index contributed by atoms with van der Waals surface area (Å²) in [7, 11) is -4.20. The van der Waals surface area contributed by atoms with Crippen molar-refractivity contribution in [3.05, 3.63) is 93.5 Å². The summed E-state index contributed by atoms with van der Waals surface area (Å²) in [6.45, 7) is 3.73. The Balaban J connectivity index is 1.61. The van der Waals surface area contributed by atoms with Crippen molar-refractivity contribution < 1.29 is 23.1 Å². The largest absolute Gasteiger partial charge is 0.485 e. The normalized spacial score (nSPS) is 18.7. The Labute approximate surface area is 220 Å². The molecule has 2 atom stereocenters. The van der Waals surface area contributed by atoms with E-state index in [1.807, 2.05) is 30.3 Å². The highest BCUT2D eigenvalue weighted by atomic mass is 35.5. The molecule has 1 aliphatic heterocycles. The van der Waals surface area contributed by atoms with E-state index in [1.165, 1.54) is 24.3 Å². The fourth-order valence-electron chi connectivity index (χ4n) is 4.05. The third kappa shape index (κ3) is 5.68. The zero-order chi connectivity index (χ0) is 26.1. The summed E-state index contributed by atoms with van der Waals surface area (Å²) in [6.07, 6.45) is -0.606. The predicted octanol–water partition coefficient (Wildman–Crippen LogP) is 4.52. The van der Waals surface area contributed by atoms with E-state index in [0.29, 0.717) is 29.8 Å². The average Bonchev–Trinajstić information content (AvgIpc) is 2.83. The maximum Gasteiger partial charge on any atom is 0.251 e. The summed E-state index contributed by atoms with van der Waals surface area (Å²) in [5.74, 6) is 0.0311. The molecule has 0 spiro atoms. The van der Waals surface area contributed by atoms with Crippen LogP contribution in [0.15, 0.2) is 71.6 Å². The van der Waals surface area contributed by atoms with Crippen molar-refractivity contribution in [1.82, 2.24) is 10.0 Å². The van der Waals surface area contributed by atoms with E-state index in [4.69, 9.17) is 27.9 Å². The predicted molar refractivity (Wildman–Crippen MR) is 139 cm³/mol. The van der Waals surface area contributed by atoms with Gasteiger partial charge in [0, 0.05) is 22.7 Å². The lowest BCUT2D eigenvalue weighted by Gasteiger charge is -2.42. The standard InChI is InChI=1S/C26H26Cl2N2O5S/c1-26(2)24(31)23(30-36(33,34)22-15-18(27)9-10-20(22)28)19-14-17(8-11-21(19)35-26)25(32)29-13-12-16-6-4-3-5-7-16/h3-11,14-15,23-24,30-31H,12-13H2,1-2H3,(H,29,32)/t23-,24+/m1/s1. The molecule has 1 heterocycles. The van der Waals surface area contributed by atoms with E-state index < -0.39 is 27.8 Å². The number of carbonyl (C=O) groups is 1. The van der Waals surface area contributed by atoms with E-state index in [0.717, 1.165) is 5.56 Å². The van der Waals surface area contributed by atoms with Gasteiger partial charge in [0.2, 0.25) is 10.0 Å². The third-order valence-corrected chi connectivity index (χ3v) is 8.17. The average molecular weight is 549 g/mol. The van der Waals surface area contributed by atoms with Crippen molar-refractivity contribution in [3.63, 3.8) is 0 Å². The third-order valence-electron chi connectivity index (χ3n) is 6.02. The van der Waals surface area contributed by atoms with Crippen LogP contribution in [0.3, 0.4) is 0 Å². The number of benzene rings is 3. The van der Waals surface area contributed by atoms with E-state index >= 15 is 0 Å². The molecule has 7 nitrogen and oxygen atoms in total. The van der Waals surface area contributed by atoms with Gasteiger partial charge >= 0.3 is 0 Å². The van der Waals surface area contributed by atoms with Crippen molar-refractivity contribution in [2.45, 2.75) is 42.9 Å². The van der Waals surface area contributed by atoms with Crippen molar-refractivity contribution in [3.8, 4) is 5.75 Å². The first kappa shape index (κ1) is 26.4. The summed E-state index contributed by atoms with van der Waals surface area (Å²) in [4.78, 5) is 12.6. The van der Waals surface area contributed by atoms with Gasteiger partial charge in [-0.3, -0.25) is 4.79 Å². The molecule has 0 saturated carbocycles. The Morgan fingerprint density at radius 2 is 1.78 bits per heavy atom. The number of fused-ring (bicyclic) bond motifs is 1. The number of hydrogen-bond donors (Lipinski definition) is 3. The number of aliphatic hydroxyl groups excluding tert-OH is 1. The molecule has 0 unspecified atom stereocenters. The molecule has 190 valence electrons. The number of aliphatic hydroxyl groups is 1. The maximum absolute atomic E-state index is 13.2.